The predicted molar refractivity (Wildman–Crippen MR) is 76.7 cm³/mol. The third-order valence-corrected chi connectivity index (χ3v) is 3.04. The van der Waals surface area contributed by atoms with Gasteiger partial charge in [0.25, 0.3) is 0 Å². The summed E-state index contributed by atoms with van der Waals surface area (Å²) in [6.07, 6.45) is -4.71. The molecule has 124 valence electrons. The van der Waals surface area contributed by atoms with Crippen molar-refractivity contribution in [3.8, 4) is 5.75 Å². The predicted octanol–water partition coefficient (Wildman–Crippen LogP) is 2.71. The Balaban J connectivity index is 1.85. The number of benzene rings is 1. The Hall–Kier alpha value is -2.51. The molecule has 1 N–H and O–H groups in total. The number of halogens is 3. The van der Waals surface area contributed by atoms with Gasteiger partial charge in [-0.15, -0.1) is 13.2 Å². The van der Waals surface area contributed by atoms with Gasteiger partial charge < -0.3 is 10.1 Å². The van der Waals surface area contributed by atoms with Crippen molar-refractivity contribution in [3.05, 3.63) is 47.3 Å². The number of aryl methyl sites for hydroxylation is 2. The van der Waals surface area contributed by atoms with E-state index in [4.69, 9.17) is 0 Å². The Labute approximate surface area is 131 Å². The molecule has 0 aliphatic carbocycles. The average Bonchev–Trinajstić information content (AvgIpc) is 2.74. The van der Waals surface area contributed by atoms with E-state index in [-0.39, 0.29) is 24.7 Å². The van der Waals surface area contributed by atoms with Crippen molar-refractivity contribution in [2.24, 2.45) is 0 Å². The number of amides is 1. The zero-order chi connectivity index (χ0) is 17.0. The van der Waals surface area contributed by atoms with Crippen LogP contribution in [-0.2, 0) is 17.9 Å². The third kappa shape index (κ3) is 5.32. The standard InChI is InChI=1S/C15H16F3N3O2/c1-10-7-11(2)21(20-10)9-14(22)19-8-12-3-5-13(6-4-12)23-15(16,17)18/h3-7H,8-9H2,1-2H3,(H,19,22). The van der Waals surface area contributed by atoms with Crippen LogP contribution >= 0.6 is 0 Å². The molecule has 23 heavy (non-hydrogen) atoms. The Morgan fingerprint density at radius 1 is 1.26 bits per heavy atom. The number of ether oxygens (including phenoxy) is 1. The topological polar surface area (TPSA) is 56.2 Å². The van der Waals surface area contributed by atoms with Gasteiger partial charge in [-0.05, 0) is 37.6 Å². The summed E-state index contributed by atoms with van der Waals surface area (Å²) in [7, 11) is 0. The average molecular weight is 327 g/mol. The lowest BCUT2D eigenvalue weighted by Crippen LogP contribution is -2.28. The number of carbonyl (C=O) groups excluding carboxylic acids is 1. The minimum Gasteiger partial charge on any atom is -0.406 e. The molecule has 2 aromatic rings. The monoisotopic (exact) mass is 327 g/mol. The van der Waals surface area contributed by atoms with E-state index < -0.39 is 6.36 Å². The van der Waals surface area contributed by atoms with Crippen LogP contribution in [0.5, 0.6) is 5.75 Å². The number of rotatable bonds is 5. The van der Waals surface area contributed by atoms with Gasteiger partial charge in [-0.3, -0.25) is 9.48 Å². The quantitative estimate of drug-likeness (QED) is 0.919. The fraction of sp³-hybridized carbons (Fsp3) is 0.333. The van der Waals surface area contributed by atoms with Gasteiger partial charge in [0.1, 0.15) is 12.3 Å². The molecular weight excluding hydrogens is 311 g/mol. The highest BCUT2D eigenvalue weighted by molar-refractivity contribution is 5.75. The molecule has 1 aromatic heterocycles. The third-order valence-electron chi connectivity index (χ3n) is 3.04. The van der Waals surface area contributed by atoms with Gasteiger partial charge in [-0.1, -0.05) is 12.1 Å². The van der Waals surface area contributed by atoms with Crippen LogP contribution in [0.25, 0.3) is 0 Å². The van der Waals surface area contributed by atoms with E-state index in [1.54, 1.807) is 4.68 Å². The zero-order valence-electron chi connectivity index (χ0n) is 12.6. The SMILES string of the molecule is Cc1cc(C)n(CC(=O)NCc2ccc(OC(F)(F)F)cc2)n1. The Kier molecular flexibility index (Phi) is 4.92. The van der Waals surface area contributed by atoms with Gasteiger partial charge in [0.2, 0.25) is 5.91 Å². The van der Waals surface area contributed by atoms with Crippen LogP contribution in [0.1, 0.15) is 17.0 Å². The normalized spacial score (nSPS) is 11.3. The molecule has 2 rings (SSSR count). The first kappa shape index (κ1) is 16.9. The van der Waals surface area contributed by atoms with Crippen LogP contribution in [0.2, 0.25) is 0 Å². The van der Waals surface area contributed by atoms with E-state index >= 15 is 0 Å². The molecule has 0 fully saturated rings. The van der Waals surface area contributed by atoms with Crippen LogP contribution in [0, 0.1) is 13.8 Å². The van der Waals surface area contributed by atoms with E-state index in [9.17, 15) is 18.0 Å². The van der Waals surface area contributed by atoms with E-state index in [0.29, 0.717) is 5.56 Å². The molecule has 0 bridgehead atoms. The van der Waals surface area contributed by atoms with Gasteiger partial charge in [0, 0.05) is 12.2 Å². The lowest BCUT2D eigenvalue weighted by molar-refractivity contribution is -0.274. The molecule has 8 heteroatoms. The fourth-order valence-corrected chi connectivity index (χ4v) is 2.04. The van der Waals surface area contributed by atoms with E-state index in [2.05, 4.69) is 15.2 Å². The highest BCUT2D eigenvalue weighted by Gasteiger charge is 2.30. The van der Waals surface area contributed by atoms with Gasteiger partial charge in [-0.2, -0.15) is 5.10 Å². The molecule has 5 nitrogen and oxygen atoms in total. The van der Waals surface area contributed by atoms with Crippen LogP contribution in [0.4, 0.5) is 13.2 Å². The maximum Gasteiger partial charge on any atom is 0.573 e. The van der Waals surface area contributed by atoms with Crippen LogP contribution in [0.15, 0.2) is 30.3 Å². The van der Waals surface area contributed by atoms with Crippen molar-refractivity contribution in [1.29, 1.82) is 0 Å². The summed E-state index contributed by atoms with van der Waals surface area (Å²) in [5.74, 6) is -0.526. The molecule has 0 aliphatic rings. The number of nitrogens with one attached hydrogen (secondary N) is 1. The van der Waals surface area contributed by atoms with Crippen molar-refractivity contribution in [2.45, 2.75) is 33.3 Å². The Morgan fingerprint density at radius 2 is 1.91 bits per heavy atom. The molecule has 0 atom stereocenters. The molecule has 0 unspecified atom stereocenters. The van der Waals surface area contributed by atoms with E-state index in [0.717, 1.165) is 11.4 Å². The Bertz CT molecular complexity index is 678. The summed E-state index contributed by atoms with van der Waals surface area (Å²) in [5, 5.41) is 6.87. The molecule has 0 radical (unpaired) electrons. The van der Waals surface area contributed by atoms with Gasteiger partial charge in [-0.25, -0.2) is 0 Å². The smallest absolute Gasteiger partial charge is 0.406 e. The first-order valence-corrected chi connectivity index (χ1v) is 6.85. The summed E-state index contributed by atoms with van der Waals surface area (Å²) in [6.45, 7) is 4.00. The van der Waals surface area contributed by atoms with Crippen molar-refractivity contribution in [1.82, 2.24) is 15.1 Å². The van der Waals surface area contributed by atoms with Gasteiger partial charge in [0.05, 0.1) is 5.69 Å². The number of carbonyl (C=O) groups is 1. The first-order valence-electron chi connectivity index (χ1n) is 6.85. The van der Waals surface area contributed by atoms with Crippen LogP contribution in [-0.4, -0.2) is 22.1 Å². The molecule has 0 spiro atoms. The minimum absolute atomic E-state index is 0.0922. The first-order chi connectivity index (χ1) is 10.7. The summed E-state index contributed by atoms with van der Waals surface area (Å²) >= 11 is 0. The van der Waals surface area contributed by atoms with Crippen LogP contribution < -0.4 is 10.1 Å². The molecule has 0 aliphatic heterocycles. The zero-order valence-corrected chi connectivity index (χ0v) is 12.6. The summed E-state index contributed by atoms with van der Waals surface area (Å²) in [5.41, 5.74) is 2.38. The Morgan fingerprint density at radius 3 is 2.43 bits per heavy atom. The molecule has 1 heterocycles. The number of alkyl halides is 3. The molecule has 1 amide bonds. The van der Waals surface area contributed by atoms with Gasteiger partial charge in [0.15, 0.2) is 0 Å². The van der Waals surface area contributed by atoms with E-state index in [1.807, 2.05) is 19.9 Å². The summed E-state index contributed by atoms with van der Waals surface area (Å²) in [4.78, 5) is 11.9. The number of nitrogens with zero attached hydrogens (tertiary/aromatic N) is 2. The maximum atomic E-state index is 12.0. The molecular formula is C15H16F3N3O2. The second kappa shape index (κ2) is 6.72. The molecule has 1 aromatic carbocycles. The van der Waals surface area contributed by atoms with Crippen molar-refractivity contribution < 1.29 is 22.7 Å². The lowest BCUT2D eigenvalue weighted by atomic mass is 10.2. The van der Waals surface area contributed by atoms with Gasteiger partial charge >= 0.3 is 6.36 Å². The molecule has 0 saturated heterocycles. The van der Waals surface area contributed by atoms with E-state index in [1.165, 1.54) is 24.3 Å². The second-order valence-corrected chi connectivity index (χ2v) is 5.05. The fourth-order valence-electron chi connectivity index (χ4n) is 2.04. The van der Waals surface area contributed by atoms with Crippen molar-refractivity contribution >= 4 is 5.91 Å². The highest BCUT2D eigenvalue weighted by atomic mass is 19.4. The minimum atomic E-state index is -4.71. The number of hydrogen-bond acceptors (Lipinski definition) is 3. The number of aromatic nitrogens is 2. The summed E-state index contributed by atoms with van der Waals surface area (Å²) < 4.78 is 41.5. The molecule has 0 saturated carbocycles. The van der Waals surface area contributed by atoms with Crippen LogP contribution in [0.3, 0.4) is 0 Å². The number of hydrogen-bond donors (Lipinski definition) is 1. The second-order valence-electron chi connectivity index (χ2n) is 5.05. The lowest BCUT2D eigenvalue weighted by Gasteiger charge is -2.10. The summed E-state index contributed by atoms with van der Waals surface area (Å²) in [6, 6.07) is 7.20. The maximum absolute atomic E-state index is 12.0. The van der Waals surface area contributed by atoms with Crippen molar-refractivity contribution in [2.75, 3.05) is 0 Å². The van der Waals surface area contributed by atoms with Crippen molar-refractivity contribution in [3.63, 3.8) is 0 Å². The highest BCUT2D eigenvalue weighted by Crippen LogP contribution is 2.22. The largest absolute Gasteiger partial charge is 0.573 e.